The van der Waals surface area contributed by atoms with Gasteiger partial charge in [0.25, 0.3) is 0 Å². The number of rotatable bonds is 8. The number of ether oxygens (including phenoxy) is 1. The van der Waals surface area contributed by atoms with Crippen LogP contribution in [0.5, 0.6) is 0 Å². The number of hydrogen-bond acceptors (Lipinski definition) is 4. The second kappa shape index (κ2) is 9.73. The van der Waals surface area contributed by atoms with Crippen molar-refractivity contribution in [3.05, 3.63) is 23.7 Å². The number of aryl methyl sites for hydroxylation is 1. The third-order valence-corrected chi connectivity index (χ3v) is 4.42. The normalized spacial score (nSPS) is 19.5. The van der Waals surface area contributed by atoms with Gasteiger partial charge < -0.3 is 14.5 Å². The first kappa shape index (κ1) is 18.0. The molecule has 130 valence electrons. The Morgan fingerprint density at radius 2 is 2.26 bits per heavy atom. The van der Waals surface area contributed by atoms with Gasteiger partial charge in [0.2, 0.25) is 5.91 Å². The number of amides is 1. The monoisotopic (exact) mass is 322 g/mol. The van der Waals surface area contributed by atoms with Crippen LogP contribution in [0.4, 0.5) is 0 Å². The number of nitrogens with zero attached hydrogens (tertiary/aromatic N) is 1. The van der Waals surface area contributed by atoms with Gasteiger partial charge in [-0.1, -0.05) is 19.8 Å². The SMILES string of the molecule is CCc1ccc(C2CCCCCN2CC(=O)NCCCOC)o1. The molecule has 23 heavy (non-hydrogen) atoms. The molecule has 1 aliphatic rings. The first-order valence-corrected chi connectivity index (χ1v) is 8.83. The largest absolute Gasteiger partial charge is 0.464 e. The van der Waals surface area contributed by atoms with Gasteiger partial charge in [-0.3, -0.25) is 9.69 Å². The fraction of sp³-hybridized carbons (Fsp3) is 0.722. The van der Waals surface area contributed by atoms with Crippen LogP contribution in [0, 0.1) is 0 Å². The number of nitrogens with one attached hydrogen (secondary N) is 1. The van der Waals surface area contributed by atoms with Gasteiger partial charge >= 0.3 is 0 Å². The molecule has 0 bridgehead atoms. The van der Waals surface area contributed by atoms with E-state index in [-0.39, 0.29) is 11.9 Å². The van der Waals surface area contributed by atoms with Crippen LogP contribution in [-0.4, -0.2) is 44.2 Å². The van der Waals surface area contributed by atoms with Crippen molar-refractivity contribution >= 4 is 5.91 Å². The number of methoxy groups -OCH3 is 1. The summed E-state index contributed by atoms with van der Waals surface area (Å²) in [6.45, 7) is 4.85. The highest BCUT2D eigenvalue weighted by Gasteiger charge is 2.26. The fourth-order valence-corrected chi connectivity index (χ4v) is 3.13. The molecule has 1 aromatic heterocycles. The lowest BCUT2D eigenvalue weighted by Gasteiger charge is -2.27. The highest BCUT2D eigenvalue weighted by Crippen LogP contribution is 2.31. The van der Waals surface area contributed by atoms with E-state index in [1.165, 1.54) is 12.8 Å². The smallest absolute Gasteiger partial charge is 0.234 e. The molecule has 2 rings (SSSR count). The third-order valence-electron chi connectivity index (χ3n) is 4.42. The second-order valence-corrected chi connectivity index (χ2v) is 6.19. The van der Waals surface area contributed by atoms with Gasteiger partial charge in [-0.2, -0.15) is 0 Å². The Balaban J connectivity index is 1.93. The van der Waals surface area contributed by atoms with Crippen LogP contribution in [0.2, 0.25) is 0 Å². The van der Waals surface area contributed by atoms with Gasteiger partial charge in [0.05, 0.1) is 12.6 Å². The van der Waals surface area contributed by atoms with Crippen LogP contribution < -0.4 is 5.32 Å². The zero-order chi connectivity index (χ0) is 16.5. The van der Waals surface area contributed by atoms with E-state index in [1.807, 2.05) is 0 Å². The average Bonchev–Trinajstić information content (AvgIpc) is 2.92. The lowest BCUT2D eigenvalue weighted by Crippen LogP contribution is -2.39. The van der Waals surface area contributed by atoms with Crippen LogP contribution in [0.1, 0.15) is 56.6 Å². The molecule has 0 radical (unpaired) electrons. The molecule has 5 heteroatoms. The molecule has 1 aliphatic heterocycles. The molecule has 1 amide bonds. The summed E-state index contributed by atoms with van der Waals surface area (Å²) in [7, 11) is 1.68. The number of carbonyl (C=O) groups is 1. The number of furan rings is 1. The van der Waals surface area contributed by atoms with Gasteiger partial charge in [-0.05, 0) is 37.9 Å². The van der Waals surface area contributed by atoms with E-state index in [0.29, 0.717) is 19.7 Å². The van der Waals surface area contributed by atoms with Crippen LogP contribution in [0.25, 0.3) is 0 Å². The first-order valence-electron chi connectivity index (χ1n) is 8.83. The van der Waals surface area contributed by atoms with Crippen molar-refractivity contribution in [2.45, 2.75) is 51.5 Å². The molecule has 1 atom stereocenters. The van der Waals surface area contributed by atoms with Crippen LogP contribution in [-0.2, 0) is 16.0 Å². The summed E-state index contributed by atoms with van der Waals surface area (Å²) in [5.41, 5.74) is 0. The van der Waals surface area contributed by atoms with Crippen molar-refractivity contribution in [2.75, 3.05) is 33.4 Å². The summed E-state index contributed by atoms with van der Waals surface area (Å²) in [5.74, 6) is 2.12. The highest BCUT2D eigenvalue weighted by molar-refractivity contribution is 5.78. The Morgan fingerprint density at radius 3 is 3.00 bits per heavy atom. The Bertz CT molecular complexity index is 473. The number of likely N-dealkylation sites (tertiary alicyclic amines) is 1. The molecule has 0 saturated carbocycles. The van der Waals surface area contributed by atoms with E-state index in [0.717, 1.165) is 43.7 Å². The Morgan fingerprint density at radius 1 is 1.39 bits per heavy atom. The summed E-state index contributed by atoms with van der Waals surface area (Å²) in [6, 6.07) is 4.36. The molecule has 5 nitrogen and oxygen atoms in total. The zero-order valence-electron chi connectivity index (χ0n) is 14.5. The minimum absolute atomic E-state index is 0.0928. The minimum Gasteiger partial charge on any atom is -0.464 e. The van der Waals surface area contributed by atoms with E-state index >= 15 is 0 Å². The van der Waals surface area contributed by atoms with Crippen molar-refractivity contribution in [1.82, 2.24) is 10.2 Å². The van der Waals surface area contributed by atoms with Crippen LogP contribution in [0.3, 0.4) is 0 Å². The molecule has 1 N–H and O–H groups in total. The van der Waals surface area contributed by atoms with Gasteiger partial charge in [-0.15, -0.1) is 0 Å². The molecular formula is C18H30N2O3. The van der Waals surface area contributed by atoms with E-state index < -0.39 is 0 Å². The van der Waals surface area contributed by atoms with Gasteiger partial charge in [0, 0.05) is 26.7 Å². The molecule has 0 aliphatic carbocycles. The fourth-order valence-electron chi connectivity index (χ4n) is 3.13. The van der Waals surface area contributed by atoms with Crippen molar-refractivity contribution in [1.29, 1.82) is 0 Å². The van der Waals surface area contributed by atoms with E-state index in [2.05, 4.69) is 29.3 Å². The van der Waals surface area contributed by atoms with Crippen LogP contribution in [0.15, 0.2) is 16.5 Å². The van der Waals surface area contributed by atoms with E-state index in [4.69, 9.17) is 9.15 Å². The molecule has 0 spiro atoms. The number of hydrogen-bond donors (Lipinski definition) is 1. The predicted molar refractivity (Wildman–Crippen MR) is 90.4 cm³/mol. The summed E-state index contributed by atoms with van der Waals surface area (Å²) in [4.78, 5) is 14.5. The van der Waals surface area contributed by atoms with Crippen molar-refractivity contribution in [3.63, 3.8) is 0 Å². The lowest BCUT2D eigenvalue weighted by atomic mass is 10.1. The van der Waals surface area contributed by atoms with E-state index in [1.54, 1.807) is 7.11 Å². The molecule has 0 aromatic carbocycles. The summed E-state index contributed by atoms with van der Waals surface area (Å²) >= 11 is 0. The summed E-state index contributed by atoms with van der Waals surface area (Å²) in [5, 5.41) is 2.98. The molecule has 2 heterocycles. The molecule has 1 fully saturated rings. The third kappa shape index (κ3) is 5.66. The molecule has 1 unspecified atom stereocenters. The summed E-state index contributed by atoms with van der Waals surface area (Å²) in [6.07, 6.45) is 6.39. The predicted octanol–water partition coefficient (Wildman–Crippen LogP) is 2.91. The van der Waals surface area contributed by atoms with Crippen molar-refractivity contribution in [3.8, 4) is 0 Å². The molecular weight excluding hydrogens is 292 g/mol. The average molecular weight is 322 g/mol. The Kier molecular flexibility index (Phi) is 7.62. The first-order chi connectivity index (χ1) is 11.2. The molecule has 1 saturated heterocycles. The Hall–Kier alpha value is -1.33. The summed E-state index contributed by atoms with van der Waals surface area (Å²) < 4.78 is 11.0. The van der Waals surface area contributed by atoms with E-state index in [9.17, 15) is 4.79 Å². The lowest BCUT2D eigenvalue weighted by molar-refractivity contribution is -0.122. The maximum Gasteiger partial charge on any atom is 0.234 e. The topological polar surface area (TPSA) is 54.7 Å². The quantitative estimate of drug-likeness (QED) is 0.748. The van der Waals surface area contributed by atoms with Gasteiger partial charge in [-0.25, -0.2) is 0 Å². The number of carbonyl (C=O) groups excluding carboxylic acids is 1. The van der Waals surface area contributed by atoms with Gasteiger partial charge in [0.1, 0.15) is 11.5 Å². The zero-order valence-corrected chi connectivity index (χ0v) is 14.5. The van der Waals surface area contributed by atoms with Crippen molar-refractivity contribution in [2.24, 2.45) is 0 Å². The van der Waals surface area contributed by atoms with Crippen molar-refractivity contribution < 1.29 is 13.9 Å². The minimum atomic E-state index is 0.0928. The molecule has 1 aromatic rings. The Labute approximate surface area is 139 Å². The maximum absolute atomic E-state index is 12.2. The standard InChI is InChI=1S/C18H30N2O3/c1-3-15-9-10-17(23-15)16-8-5-4-6-12-20(16)14-18(21)19-11-7-13-22-2/h9-10,16H,3-8,11-14H2,1-2H3,(H,19,21). The second-order valence-electron chi connectivity index (χ2n) is 6.19. The maximum atomic E-state index is 12.2. The van der Waals surface area contributed by atoms with Gasteiger partial charge in [0.15, 0.2) is 0 Å². The highest BCUT2D eigenvalue weighted by atomic mass is 16.5. The van der Waals surface area contributed by atoms with Crippen LogP contribution >= 0.6 is 0 Å².